The molecular formula is C21H27N3O5S2. The number of aryl methyl sites for hydroxylation is 2. The molecule has 2 aliphatic rings. The first-order chi connectivity index (χ1) is 14.8. The van der Waals surface area contributed by atoms with Gasteiger partial charge in [0, 0.05) is 31.2 Å². The second-order valence-electron chi connectivity index (χ2n) is 8.00. The summed E-state index contributed by atoms with van der Waals surface area (Å²) in [5.74, 6) is -0.911. The number of rotatable bonds is 5. The number of aromatic nitrogens is 1. The third-order valence-electron chi connectivity index (χ3n) is 5.95. The van der Waals surface area contributed by atoms with Gasteiger partial charge in [0.15, 0.2) is 0 Å². The lowest BCUT2D eigenvalue weighted by atomic mass is 10.1. The van der Waals surface area contributed by atoms with Gasteiger partial charge >= 0.3 is 5.97 Å². The summed E-state index contributed by atoms with van der Waals surface area (Å²) in [6.45, 7) is 1.00. The Bertz CT molecular complexity index is 1110. The van der Waals surface area contributed by atoms with Gasteiger partial charge < -0.3 is 14.6 Å². The third kappa shape index (κ3) is 4.16. The smallest absolute Gasteiger partial charge is 0.341 e. The van der Waals surface area contributed by atoms with Gasteiger partial charge in [-0.05, 0) is 50.2 Å². The molecule has 168 valence electrons. The first-order valence-corrected chi connectivity index (χ1v) is 12.8. The maximum absolute atomic E-state index is 13.1. The van der Waals surface area contributed by atoms with E-state index in [1.807, 2.05) is 0 Å². The van der Waals surface area contributed by atoms with Crippen LogP contribution in [0.4, 0.5) is 5.00 Å². The van der Waals surface area contributed by atoms with E-state index in [9.17, 15) is 18.0 Å². The molecule has 3 heterocycles. The van der Waals surface area contributed by atoms with Gasteiger partial charge in [-0.3, -0.25) is 4.79 Å². The fraction of sp³-hybridized carbons (Fsp3) is 0.524. The average molecular weight is 466 g/mol. The second-order valence-corrected chi connectivity index (χ2v) is 11.0. The van der Waals surface area contributed by atoms with Crippen LogP contribution in [0.2, 0.25) is 0 Å². The molecule has 1 aliphatic carbocycles. The normalized spacial score (nSPS) is 17.2. The number of hydrogen-bond donors (Lipinski definition) is 1. The molecule has 8 nitrogen and oxygen atoms in total. The van der Waals surface area contributed by atoms with Gasteiger partial charge in [0.05, 0.1) is 12.7 Å². The number of fused-ring (bicyclic) bond motifs is 1. The van der Waals surface area contributed by atoms with Crippen molar-refractivity contribution in [2.45, 2.75) is 49.8 Å². The molecule has 31 heavy (non-hydrogen) atoms. The summed E-state index contributed by atoms with van der Waals surface area (Å²) in [5, 5.41) is 3.31. The van der Waals surface area contributed by atoms with Crippen LogP contribution in [0.15, 0.2) is 17.2 Å². The Morgan fingerprint density at radius 2 is 1.81 bits per heavy atom. The summed E-state index contributed by atoms with van der Waals surface area (Å²) in [6, 6.07) is 1.40. The second kappa shape index (κ2) is 8.76. The van der Waals surface area contributed by atoms with Gasteiger partial charge in [0.2, 0.25) is 10.0 Å². The van der Waals surface area contributed by atoms with Crippen molar-refractivity contribution in [3.63, 3.8) is 0 Å². The van der Waals surface area contributed by atoms with Crippen LogP contribution in [0.1, 0.15) is 63.4 Å². The van der Waals surface area contributed by atoms with Crippen molar-refractivity contribution >= 4 is 38.2 Å². The van der Waals surface area contributed by atoms with E-state index in [2.05, 4.69) is 5.32 Å². The van der Waals surface area contributed by atoms with Crippen molar-refractivity contribution < 1.29 is 22.7 Å². The minimum Gasteiger partial charge on any atom is -0.465 e. The van der Waals surface area contributed by atoms with E-state index < -0.39 is 21.9 Å². The zero-order chi connectivity index (χ0) is 22.2. The van der Waals surface area contributed by atoms with Crippen molar-refractivity contribution in [3.05, 3.63) is 34.0 Å². The van der Waals surface area contributed by atoms with E-state index in [0.29, 0.717) is 23.7 Å². The zero-order valence-electron chi connectivity index (χ0n) is 17.8. The number of esters is 1. The number of nitrogens with one attached hydrogen (secondary N) is 1. The maximum atomic E-state index is 13.1. The number of methoxy groups -OCH3 is 1. The van der Waals surface area contributed by atoms with Crippen molar-refractivity contribution in [2.75, 3.05) is 25.5 Å². The van der Waals surface area contributed by atoms with Gasteiger partial charge in [0.25, 0.3) is 5.91 Å². The molecule has 0 atom stereocenters. The topological polar surface area (TPSA) is 97.7 Å². The number of nitrogens with zero attached hydrogens (tertiary/aromatic N) is 2. The van der Waals surface area contributed by atoms with Gasteiger partial charge in [-0.2, -0.15) is 4.31 Å². The van der Waals surface area contributed by atoms with E-state index in [1.54, 1.807) is 7.05 Å². The largest absolute Gasteiger partial charge is 0.465 e. The quantitative estimate of drug-likeness (QED) is 0.540. The van der Waals surface area contributed by atoms with Crippen LogP contribution in [-0.2, 0) is 34.6 Å². The van der Waals surface area contributed by atoms with Crippen LogP contribution < -0.4 is 5.32 Å². The minimum absolute atomic E-state index is 0.109. The lowest BCUT2D eigenvalue weighted by molar-refractivity contribution is 0.0601. The zero-order valence-corrected chi connectivity index (χ0v) is 19.4. The summed E-state index contributed by atoms with van der Waals surface area (Å²) in [5.41, 5.74) is 1.61. The maximum Gasteiger partial charge on any atom is 0.341 e. The molecule has 0 spiro atoms. The highest BCUT2D eigenvalue weighted by atomic mass is 32.2. The number of carbonyl (C=O) groups is 2. The van der Waals surface area contributed by atoms with E-state index in [4.69, 9.17) is 4.74 Å². The molecule has 2 aromatic rings. The van der Waals surface area contributed by atoms with E-state index in [1.165, 1.54) is 39.6 Å². The highest BCUT2D eigenvalue weighted by Crippen LogP contribution is 2.38. The average Bonchev–Trinajstić information content (AvgIpc) is 3.44. The Labute approximate surface area is 186 Å². The Kier molecular flexibility index (Phi) is 6.23. The summed E-state index contributed by atoms with van der Waals surface area (Å²) in [4.78, 5) is 26.8. The SMILES string of the molecule is COC(=O)c1c(NC(=O)c2cc(S(=O)(=O)N3CCCC3)cn2C)sc2c1CCCCC2. The summed E-state index contributed by atoms with van der Waals surface area (Å²) >= 11 is 1.41. The van der Waals surface area contributed by atoms with E-state index in [0.717, 1.165) is 55.4 Å². The van der Waals surface area contributed by atoms with Crippen molar-refractivity contribution in [1.82, 2.24) is 8.87 Å². The molecule has 1 aliphatic heterocycles. The van der Waals surface area contributed by atoms with Crippen molar-refractivity contribution in [3.8, 4) is 0 Å². The Morgan fingerprint density at radius 3 is 2.52 bits per heavy atom. The molecule has 4 rings (SSSR count). The third-order valence-corrected chi connectivity index (χ3v) is 9.02. The molecule has 0 bridgehead atoms. The van der Waals surface area contributed by atoms with Crippen LogP contribution in [0.3, 0.4) is 0 Å². The molecule has 1 fully saturated rings. The van der Waals surface area contributed by atoms with Crippen LogP contribution in [-0.4, -0.2) is 49.4 Å². The first kappa shape index (κ1) is 22.0. The number of amides is 1. The van der Waals surface area contributed by atoms with Crippen LogP contribution in [0, 0.1) is 0 Å². The Hall–Kier alpha value is -2.17. The standard InChI is InChI=1S/C21H27N3O5S2/c1-23-13-14(31(27,28)24-10-6-7-11-24)12-16(23)19(25)22-20-18(21(26)29-2)15-8-4-3-5-9-17(15)30-20/h12-13H,3-11H2,1-2H3,(H,22,25). The molecule has 1 N–H and O–H groups in total. The number of thiophene rings is 1. The van der Waals surface area contributed by atoms with Crippen LogP contribution >= 0.6 is 11.3 Å². The number of carbonyl (C=O) groups excluding carboxylic acids is 2. The van der Waals surface area contributed by atoms with E-state index >= 15 is 0 Å². The molecule has 0 aromatic carbocycles. The lowest BCUT2D eigenvalue weighted by Crippen LogP contribution is -2.27. The number of hydrogen-bond acceptors (Lipinski definition) is 6. The molecule has 1 amide bonds. The number of anilines is 1. The fourth-order valence-corrected chi connectivity index (χ4v) is 7.16. The predicted molar refractivity (Wildman–Crippen MR) is 118 cm³/mol. The fourth-order valence-electron chi connectivity index (χ4n) is 4.29. The van der Waals surface area contributed by atoms with Crippen molar-refractivity contribution in [2.24, 2.45) is 7.05 Å². The molecule has 0 saturated carbocycles. The molecular weight excluding hydrogens is 438 g/mol. The summed E-state index contributed by atoms with van der Waals surface area (Å²) < 4.78 is 33.6. The molecule has 2 aromatic heterocycles. The van der Waals surface area contributed by atoms with E-state index in [-0.39, 0.29) is 10.6 Å². The number of ether oxygens (including phenoxy) is 1. The summed E-state index contributed by atoms with van der Waals surface area (Å²) in [6.07, 6.45) is 7.98. The molecule has 0 unspecified atom stereocenters. The Morgan fingerprint density at radius 1 is 1.10 bits per heavy atom. The lowest BCUT2D eigenvalue weighted by Gasteiger charge is -2.13. The molecule has 10 heteroatoms. The minimum atomic E-state index is -3.62. The van der Waals surface area contributed by atoms with Gasteiger partial charge in [-0.25, -0.2) is 13.2 Å². The monoisotopic (exact) mass is 465 g/mol. The predicted octanol–water partition coefficient (Wildman–Crippen LogP) is 3.18. The highest BCUT2D eigenvalue weighted by molar-refractivity contribution is 7.89. The molecule has 0 radical (unpaired) electrons. The van der Waals surface area contributed by atoms with Crippen LogP contribution in [0.25, 0.3) is 0 Å². The van der Waals surface area contributed by atoms with Crippen molar-refractivity contribution in [1.29, 1.82) is 0 Å². The van der Waals surface area contributed by atoms with Crippen LogP contribution in [0.5, 0.6) is 0 Å². The molecule has 1 saturated heterocycles. The number of sulfonamides is 1. The summed E-state index contributed by atoms with van der Waals surface area (Å²) in [7, 11) is -0.641. The van der Waals surface area contributed by atoms with Gasteiger partial charge in [-0.15, -0.1) is 11.3 Å². The first-order valence-electron chi connectivity index (χ1n) is 10.5. The Balaban J connectivity index is 1.63. The van der Waals surface area contributed by atoms with Gasteiger partial charge in [-0.1, -0.05) is 6.42 Å². The van der Waals surface area contributed by atoms with Gasteiger partial charge in [0.1, 0.15) is 15.6 Å². The highest BCUT2D eigenvalue weighted by Gasteiger charge is 2.31.